The van der Waals surface area contributed by atoms with Crippen molar-refractivity contribution < 1.29 is 4.42 Å². The Bertz CT molecular complexity index is 358. The molecule has 1 saturated heterocycles. The number of nitrogens with one attached hydrogen (secondary N) is 1. The van der Waals surface area contributed by atoms with Gasteiger partial charge in [-0.15, -0.1) is 0 Å². The van der Waals surface area contributed by atoms with Crippen LogP contribution in [0.1, 0.15) is 19.1 Å². The Kier molecular flexibility index (Phi) is 4.66. The van der Waals surface area contributed by atoms with Crippen molar-refractivity contribution in [2.24, 2.45) is 0 Å². The molecule has 1 fully saturated rings. The topological polar surface area (TPSA) is 31.6 Å². The maximum atomic E-state index is 5.63. The molecule has 1 unspecified atom stereocenters. The Hall–Kier alpha value is -1.00. The van der Waals surface area contributed by atoms with Crippen LogP contribution >= 0.6 is 0 Å². The van der Waals surface area contributed by atoms with Crippen molar-refractivity contribution in [1.82, 2.24) is 10.2 Å². The predicted octanol–water partition coefficient (Wildman–Crippen LogP) is 1.71. The summed E-state index contributed by atoms with van der Waals surface area (Å²) in [5.74, 6) is 1.95. The van der Waals surface area contributed by atoms with Gasteiger partial charge in [-0.2, -0.15) is 0 Å². The number of anilines is 1. The van der Waals surface area contributed by atoms with E-state index in [1.165, 1.54) is 19.5 Å². The molecule has 1 aromatic rings. The fraction of sp³-hybridized carbons (Fsp3) is 0.714. The molecular formula is C14H25N3O. The zero-order chi connectivity index (χ0) is 13.0. The summed E-state index contributed by atoms with van der Waals surface area (Å²) in [7, 11) is 2.10. The Morgan fingerprint density at radius 1 is 1.39 bits per heavy atom. The van der Waals surface area contributed by atoms with Gasteiger partial charge < -0.3 is 14.6 Å². The number of hydrogen-bond donors (Lipinski definition) is 1. The van der Waals surface area contributed by atoms with Gasteiger partial charge in [-0.1, -0.05) is 0 Å². The first-order chi connectivity index (χ1) is 8.66. The molecule has 0 amide bonds. The van der Waals surface area contributed by atoms with Crippen molar-refractivity contribution in [3.8, 4) is 0 Å². The fourth-order valence-electron chi connectivity index (χ4n) is 2.42. The zero-order valence-electron chi connectivity index (χ0n) is 11.8. The van der Waals surface area contributed by atoms with Crippen LogP contribution in [-0.4, -0.2) is 50.7 Å². The van der Waals surface area contributed by atoms with Crippen molar-refractivity contribution in [2.75, 3.05) is 44.7 Å². The molecule has 0 aliphatic carbocycles. The van der Waals surface area contributed by atoms with E-state index in [2.05, 4.69) is 29.1 Å². The van der Waals surface area contributed by atoms with E-state index in [1.807, 2.05) is 19.1 Å². The third kappa shape index (κ3) is 3.50. The number of furan rings is 1. The van der Waals surface area contributed by atoms with Crippen molar-refractivity contribution in [3.63, 3.8) is 0 Å². The number of rotatable bonds is 5. The van der Waals surface area contributed by atoms with Gasteiger partial charge in [0.25, 0.3) is 0 Å². The van der Waals surface area contributed by atoms with E-state index in [1.54, 1.807) is 0 Å². The summed E-state index contributed by atoms with van der Waals surface area (Å²) in [5, 5.41) is 3.40. The Balaban J connectivity index is 1.76. The lowest BCUT2D eigenvalue weighted by Gasteiger charge is -2.33. The molecule has 0 spiro atoms. The summed E-state index contributed by atoms with van der Waals surface area (Å²) in [6.45, 7) is 9.94. The summed E-state index contributed by atoms with van der Waals surface area (Å²) in [4.78, 5) is 4.77. The zero-order valence-corrected chi connectivity index (χ0v) is 11.8. The van der Waals surface area contributed by atoms with Crippen LogP contribution in [0.15, 0.2) is 16.5 Å². The molecule has 18 heavy (non-hydrogen) atoms. The van der Waals surface area contributed by atoms with Gasteiger partial charge in [-0.3, -0.25) is 4.90 Å². The first-order valence-electron chi connectivity index (χ1n) is 6.89. The minimum atomic E-state index is 0.644. The third-order valence-corrected chi connectivity index (χ3v) is 3.76. The monoisotopic (exact) mass is 251 g/mol. The predicted molar refractivity (Wildman–Crippen MR) is 75.2 cm³/mol. The van der Waals surface area contributed by atoms with Crippen LogP contribution in [0, 0.1) is 6.92 Å². The largest absolute Gasteiger partial charge is 0.446 e. The minimum Gasteiger partial charge on any atom is -0.446 e. The lowest BCUT2D eigenvalue weighted by Crippen LogP contribution is -2.48. The molecular weight excluding hydrogens is 226 g/mol. The highest BCUT2D eigenvalue weighted by Crippen LogP contribution is 2.17. The number of aryl methyl sites for hydroxylation is 1. The van der Waals surface area contributed by atoms with Gasteiger partial charge >= 0.3 is 0 Å². The first kappa shape index (κ1) is 13.4. The highest BCUT2D eigenvalue weighted by atomic mass is 16.4. The van der Waals surface area contributed by atoms with Gasteiger partial charge in [0, 0.05) is 51.9 Å². The molecule has 0 saturated carbocycles. The lowest BCUT2D eigenvalue weighted by molar-refractivity contribution is 0.178. The van der Waals surface area contributed by atoms with E-state index in [0.29, 0.717) is 6.04 Å². The summed E-state index contributed by atoms with van der Waals surface area (Å²) in [6.07, 6.45) is 1.18. The first-order valence-corrected chi connectivity index (χ1v) is 6.89. The van der Waals surface area contributed by atoms with Crippen molar-refractivity contribution >= 4 is 5.88 Å². The molecule has 2 rings (SSSR count). The lowest BCUT2D eigenvalue weighted by atomic mass is 10.1. The molecule has 1 aliphatic heterocycles. The van der Waals surface area contributed by atoms with E-state index < -0.39 is 0 Å². The van der Waals surface area contributed by atoms with Crippen LogP contribution < -0.4 is 10.2 Å². The fourth-order valence-corrected chi connectivity index (χ4v) is 2.42. The average Bonchev–Trinajstić information content (AvgIpc) is 2.83. The minimum absolute atomic E-state index is 0.644. The van der Waals surface area contributed by atoms with Gasteiger partial charge in [0.2, 0.25) is 0 Å². The van der Waals surface area contributed by atoms with Crippen LogP contribution in [0.5, 0.6) is 0 Å². The number of piperazine rings is 1. The molecule has 2 heterocycles. The molecule has 1 aliphatic rings. The normalized spacial score (nSPS) is 18.8. The van der Waals surface area contributed by atoms with E-state index in [-0.39, 0.29) is 0 Å². The van der Waals surface area contributed by atoms with Crippen molar-refractivity contribution in [1.29, 1.82) is 0 Å². The maximum absolute atomic E-state index is 5.63. The summed E-state index contributed by atoms with van der Waals surface area (Å²) >= 11 is 0. The highest BCUT2D eigenvalue weighted by Gasteiger charge is 2.17. The van der Waals surface area contributed by atoms with Crippen LogP contribution in [0.3, 0.4) is 0 Å². The molecule has 4 heteroatoms. The van der Waals surface area contributed by atoms with Gasteiger partial charge in [-0.05, 0) is 26.3 Å². The Morgan fingerprint density at radius 2 is 2.11 bits per heavy atom. The highest BCUT2D eigenvalue weighted by molar-refractivity contribution is 5.34. The van der Waals surface area contributed by atoms with Crippen LogP contribution in [0.25, 0.3) is 0 Å². The van der Waals surface area contributed by atoms with Crippen molar-refractivity contribution in [3.05, 3.63) is 17.9 Å². The smallest absolute Gasteiger partial charge is 0.195 e. The molecule has 0 aromatic carbocycles. The maximum Gasteiger partial charge on any atom is 0.195 e. The molecule has 4 nitrogen and oxygen atoms in total. The summed E-state index contributed by atoms with van der Waals surface area (Å²) in [5.41, 5.74) is 0. The average molecular weight is 251 g/mol. The molecule has 0 radical (unpaired) electrons. The second-order valence-corrected chi connectivity index (χ2v) is 5.23. The van der Waals surface area contributed by atoms with Crippen LogP contribution in [-0.2, 0) is 0 Å². The molecule has 1 atom stereocenters. The Morgan fingerprint density at radius 3 is 2.72 bits per heavy atom. The van der Waals surface area contributed by atoms with Crippen LogP contribution in [0.2, 0.25) is 0 Å². The van der Waals surface area contributed by atoms with Crippen LogP contribution in [0.4, 0.5) is 5.88 Å². The van der Waals surface area contributed by atoms with E-state index in [9.17, 15) is 0 Å². The van der Waals surface area contributed by atoms with Gasteiger partial charge in [0.1, 0.15) is 5.76 Å². The second-order valence-electron chi connectivity index (χ2n) is 5.23. The molecule has 102 valence electrons. The number of hydrogen-bond acceptors (Lipinski definition) is 4. The number of nitrogens with zero attached hydrogens (tertiary/aromatic N) is 2. The third-order valence-electron chi connectivity index (χ3n) is 3.76. The summed E-state index contributed by atoms with van der Waals surface area (Å²) < 4.78 is 5.63. The Labute approximate surface area is 110 Å². The quantitative estimate of drug-likeness (QED) is 0.863. The standard InChI is InChI=1S/C14H25N3O/c1-12(17-10-7-15-8-11-17)6-9-16(3)14-5-4-13(2)18-14/h4-5,12,15H,6-11H2,1-3H3. The molecule has 1 aromatic heterocycles. The second kappa shape index (κ2) is 6.25. The van der Waals surface area contributed by atoms with E-state index >= 15 is 0 Å². The van der Waals surface area contributed by atoms with Crippen molar-refractivity contribution in [2.45, 2.75) is 26.3 Å². The van der Waals surface area contributed by atoms with Gasteiger partial charge in [-0.25, -0.2) is 0 Å². The van der Waals surface area contributed by atoms with Gasteiger partial charge in [0.15, 0.2) is 5.88 Å². The summed E-state index contributed by atoms with van der Waals surface area (Å²) in [6, 6.07) is 4.71. The van der Waals surface area contributed by atoms with E-state index in [0.717, 1.165) is 31.3 Å². The SMILES string of the molecule is Cc1ccc(N(C)CCC(C)N2CCNCC2)o1. The van der Waals surface area contributed by atoms with E-state index in [4.69, 9.17) is 4.42 Å². The van der Waals surface area contributed by atoms with Gasteiger partial charge in [0.05, 0.1) is 0 Å². The molecule has 0 bridgehead atoms. The molecule has 1 N–H and O–H groups in total.